The first-order valence-electron chi connectivity index (χ1n) is 5.97. The Morgan fingerprint density at radius 3 is 2.56 bits per heavy atom. The SMILES string of the molecule is CCO[C@H]1CC[C@](OCC)(C2OCCO2)O1. The molecule has 0 aliphatic carbocycles. The van der Waals surface area contributed by atoms with E-state index in [1.54, 1.807) is 0 Å². The summed E-state index contributed by atoms with van der Waals surface area (Å²) in [4.78, 5) is 0. The van der Waals surface area contributed by atoms with Crippen molar-refractivity contribution in [2.45, 2.75) is 45.1 Å². The molecule has 2 heterocycles. The quantitative estimate of drug-likeness (QED) is 0.714. The lowest BCUT2D eigenvalue weighted by Crippen LogP contribution is -2.46. The number of ether oxygens (including phenoxy) is 5. The normalized spacial score (nSPS) is 36.0. The van der Waals surface area contributed by atoms with Crippen LogP contribution in [0.1, 0.15) is 26.7 Å². The van der Waals surface area contributed by atoms with Crippen LogP contribution in [0.3, 0.4) is 0 Å². The molecule has 0 unspecified atom stereocenters. The minimum absolute atomic E-state index is 0.204. The van der Waals surface area contributed by atoms with Gasteiger partial charge in [0.2, 0.25) is 12.1 Å². The minimum Gasteiger partial charge on any atom is -0.353 e. The van der Waals surface area contributed by atoms with E-state index >= 15 is 0 Å². The van der Waals surface area contributed by atoms with Gasteiger partial charge in [0.1, 0.15) is 0 Å². The Kier molecular flexibility index (Phi) is 4.16. The largest absolute Gasteiger partial charge is 0.353 e. The third-order valence-electron chi connectivity index (χ3n) is 2.78. The summed E-state index contributed by atoms with van der Waals surface area (Å²) < 4.78 is 28.0. The van der Waals surface area contributed by atoms with Crippen molar-refractivity contribution < 1.29 is 23.7 Å². The molecule has 0 N–H and O–H groups in total. The van der Waals surface area contributed by atoms with Crippen LogP contribution >= 0.6 is 0 Å². The first-order chi connectivity index (χ1) is 7.80. The molecule has 0 spiro atoms. The molecule has 5 nitrogen and oxygen atoms in total. The van der Waals surface area contributed by atoms with Gasteiger partial charge < -0.3 is 23.7 Å². The summed E-state index contributed by atoms with van der Waals surface area (Å²) in [5.41, 5.74) is 0. The Morgan fingerprint density at radius 2 is 1.94 bits per heavy atom. The second-order valence-corrected chi connectivity index (χ2v) is 3.86. The fourth-order valence-electron chi connectivity index (χ4n) is 2.17. The average Bonchev–Trinajstić information content (AvgIpc) is 2.88. The van der Waals surface area contributed by atoms with Crippen LogP contribution < -0.4 is 0 Å². The summed E-state index contributed by atoms with van der Waals surface area (Å²) in [6.45, 7) is 6.30. The van der Waals surface area contributed by atoms with Gasteiger partial charge in [-0.15, -0.1) is 0 Å². The summed E-state index contributed by atoms with van der Waals surface area (Å²) in [6.07, 6.45) is 0.940. The van der Waals surface area contributed by atoms with Crippen LogP contribution in [0.5, 0.6) is 0 Å². The van der Waals surface area contributed by atoms with E-state index in [4.69, 9.17) is 23.7 Å². The molecule has 2 atom stereocenters. The average molecular weight is 232 g/mol. The molecule has 0 saturated carbocycles. The van der Waals surface area contributed by atoms with E-state index in [0.29, 0.717) is 26.4 Å². The molecule has 2 aliphatic rings. The van der Waals surface area contributed by atoms with Crippen molar-refractivity contribution in [1.82, 2.24) is 0 Å². The predicted octanol–water partition coefficient (Wildman–Crippen LogP) is 1.27. The van der Waals surface area contributed by atoms with Crippen molar-refractivity contribution in [2.24, 2.45) is 0 Å². The molecule has 0 amide bonds. The minimum atomic E-state index is -0.773. The van der Waals surface area contributed by atoms with E-state index in [2.05, 4.69) is 0 Å². The van der Waals surface area contributed by atoms with Crippen LogP contribution in [0, 0.1) is 0 Å². The molecule has 16 heavy (non-hydrogen) atoms. The summed E-state index contributed by atoms with van der Waals surface area (Å²) in [5.74, 6) is -0.773. The second kappa shape index (κ2) is 5.42. The molecular formula is C11H20O5. The first-order valence-corrected chi connectivity index (χ1v) is 5.97. The third kappa shape index (κ3) is 2.38. The van der Waals surface area contributed by atoms with E-state index in [1.165, 1.54) is 0 Å². The van der Waals surface area contributed by atoms with Gasteiger partial charge >= 0.3 is 0 Å². The van der Waals surface area contributed by atoms with Crippen LogP contribution in [0.15, 0.2) is 0 Å². The van der Waals surface area contributed by atoms with Crippen LogP contribution in [0.4, 0.5) is 0 Å². The summed E-state index contributed by atoms with van der Waals surface area (Å²) in [5, 5.41) is 0. The van der Waals surface area contributed by atoms with Gasteiger partial charge in [0.05, 0.1) is 13.2 Å². The standard InChI is InChI=1S/C11H20O5/c1-3-12-9-5-6-11(16-9,15-4-2)10-13-7-8-14-10/h9-10H,3-8H2,1-2H3/t9-,11-/m1/s1. The van der Waals surface area contributed by atoms with Crippen molar-refractivity contribution in [3.63, 3.8) is 0 Å². The van der Waals surface area contributed by atoms with Crippen LogP contribution in [0.2, 0.25) is 0 Å². The molecule has 0 aromatic carbocycles. The molecule has 2 fully saturated rings. The number of rotatable bonds is 5. The molecular weight excluding hydrogens is 212 g/mol. The Labute approximate surface area is 95.9 Å². The molecule has 2 saturated heterocycles. The van der Waals surface area contributed by atoms with Gasteiger partial charge in [-0.1, -0.05) is 0 Å². The highest BCUT2D eigenvalue weighted by molar-refractivity contribution is 4.83. The summed E-state index contributed by atoms with van der Waals surface area (Å²) >= 11 is 0. The van der Waals surface area contributed by atoms with E-state index < -0.39 is 12.1 Å². The Bertz CT molecular complexity index is 216. The van der Waals surface area contributed by atoms with Gasteiger partial charge in [0, 0.05) is 26.1 Å². The van der Waals surface area contributed by atoms with Crippen LogP contribution in [-0.4, -0.2) is 44.8 Å². The van der Waals surface area contributed by atoms with Crippen molar-refractivity contribution in [2.75, 3.05) is 26.4 Å². The summed E-state index contributed by atoms with van der Waals surface area (Å²) in [7, 11) is 0. The highest BCUT2D eigenvalue weighted by Crippen LogP contribution is 2.38. The maximum absolute atomic E-state index is 5.82. The van der Waals surface area contributed by atoms with E-state index in [0.717, 1.165) is 12.8 Å². The lowest BCUT2D eigenvalue weighted by Gasteiger charge is -2.32. The lowest BCUT2D eigenvalue weighted by atomic mass is 10.1. The Hall–Kier alpha value is -0.200. The van der Waals surface area contributed by atoms with Crippen LogP contribution in [-0.2, 0) is 23.7 Å². The van der Waals surface area contributed by atoms with Crippen molar-refractivity contribution >= 4 is 0 Å². The third-order valence-corrected chi connectivity index (χ3v) is 2.78. The van der Waals surface area contributed by atoms with Crippen molar-refractivity contribution in [3.8, 4) is 0 Å². The Morgan fingerprint density at radius 1 is 1.19 bits per heavy atom. The maximum atomic E-state index is 5.82. The Balaban J connectivity index is 1.99. The molecule has 0 radical (unpaired) electrons. The van der Waals surface area contributed by atoms with Crippen molar-refractivity contribution in [1.29, 1.82) is 0 Å². The van der Waals surface area contributed by atoms with Gasteiger partial charge in [-0.25, -0.2) is 0 Å². The fraction of sp³-hybridized carbons (Fsp3) is 1.00. The monoisotopic (exact) mass is 232 g/mol. The number of hydrogen-bond donors (Lipinski definition) is 0. The van der Waals surface area contributed by atoms with Gasteiger partial charge in [-0.2, -0.15) is 0 Å². The zero-order chi connectivity index (χ0) is 11.4. The van der Waals surface area contributed by atoms with Crippen LogP contribution in [0.25, 0.3) is 0 Å². The molecule has 5 heteroatoms. The molecule has 2 rings (SSSR count). The molecule has 0 aromatic heterocycles. The van der Waals surface area contributed by atoms with Gasteiger partial charge in [0.25, 0.3) is 0 Å². The number of hydrogen-bond acceptors (Lipinski definition) is 5. The van der Waals surface area contributed by atoms with Gasteiger partial charge in [0.15, 0.2) is 6.29 Å². The highest BCUT2D eigenvalue weighted by atomic mass is 16.8. The fourth-order valence-corrected chi connectivity index (χ4v) is 2.17. The maximum Gasteiger partial charge on any atom is 0.223 e. The smallest absolute Gasteiger partial charge is 0.223 e. The lowest BCUT2D eigenvalue weighted by molar-refractivity contribution is -0.340. The zero-order valence-electron chi connectivity index (χ0n) is 9.94. The van der Waals surface area contributed by atoms with Gasteiger partial charge in [-0.05, 0) is 13.8 Å². The first kappa shape index (κ1) is 12.3. The molecule has 0 bridgehead atoms. The summed E-state index contributed by atoms with van der Waals surface area (Å²) in [6, 6.07) is 0. The molecule has 2 aliphatic heterocycles. The van der Waals surface area contributed by atoms with E-state index in [1.807, 2.05) is 13.8 Å². The molecule has 0 aromatic rings. The van der Waals surface area contributed by atoms with E-state index in [9.17, 15) is 0 Å². The van der Waals surface area contributed by atoms with Crippen molar-refractivity contribution in [3.05, 3.63) is 0 Å². The second-order valence-electron chi connectivity index (χ2n) is 3.86. The predicted molar refractivity (Wildman–Crippen MR) is 55.8 cm³/mol. The molecule has 94 valence electrons. The topological polar surface area (TPSA) is 46.2 Å². The van der Waals surface area contributed by atoms with Gasteiger partial charge in [-0.3, -0.25) is 0 Å². The highest BCUT2D eigenvalue weighted by Gasteiger charge is 2.51. The van der Waals surface area contributed by atoms with E-state index in [-0.39, 0.29) is 6.29 Å². The zero-order valence-corrected chi connectivity index (χ0v) is 9.94.